The van der Waals surface area contributed by atoms with Gasteiger partial charge in [0.15, 0.2) is 0 Å². The molecule has 1 heterocycles. The van der Waals surface area contributed by atoms with Gasteiger partial charge in [-0.25, -0.2) is 4.79 Å². The maximum absolute atomic E-state index is 12.4. The van der Waals surface area contributed by atoms with Gasteiger partial charge in [0.2, 0.25) is 0 Å². The van der Waals surface area contributed by atoms with Gasteiger partial charge in [0.1, 0.15) is 17.7 Å². The number of esters is 1. The minimum atomic E-state index is -1.40. The largest absolute Gasteiger partial charge is 0.477 e. The zero-order valence-electron chi connectivity index (χ0n) is 14.4. The van der Waals surface area contributed by atoms with Gasteiger partial charge < -0.3 is 14.4 Å². The molecule has 1 aromatic heterocycles. The summed E-state index contributed by atoms with van der Waals surface area (Å²) in [6.45, 7) is 4.66. The number of rotatable bonds is 4. The Kier molecular flexibility index (Phi) is 5.78. The van der Waals surface area contributed by atoms with Gasteiger partial charge in [0.25, 0.3) is 5.56 Å². The van der Waals surface area contributed by atoms with Crippen LogP contribution < -0.4 is 5.56 Å². The number of benzene rings is 1. The molecule has 138 valence electrons. The summed E-state index contributed by atoms with van der Waals surface area (Å²) in [5, 5.41) is 10.0. The second kappa shape index (κ2) is 7.51. The Morgan fingerprint density at radius 3 is 2.38 bits per heavy atom. The number of ether oxygens (including phenoxy) is 1. The third-order valence-electron chi connectivity index (χ3n) is 3.28. The summed E-state index contributed by atoms with van der Waals surface area (Å²) in [7, 11) is 0. The van der Waals surface area contributed by atoms with Crippen molar-refractivity contribution in [2.75, 3.05) is 0 Å². The lowest BCUT2D eigenvalue weighted by atomic mass is 10.1. The lowest BCUT2D eigenvalue weighted by molar-refractivity contribution is -0.155. The number of hydrogen-bond acceptors (Lipinski definition) is 4. The fourth-order valence-electron chi connectivity index (χ4n) is 2.29. The van der Waals surface area contributed by atoms with E-state index in [9.17, 15) is 19.5 Å². The van der Waals surface area contributed by atoms with Gasteiger partial charge in [0, 0.05) is 27.4 Å². The van der Waals surface area contributed by atoms with E-state index in [0.29, 0.717) is 16.1 Å². The molecule has 0 saturated carbocycles. The highest BCUT2D eigenvalue weighted by Gasteiger charge is 2.20. The van der Waals surface area contributed by atoms with Crippen LogP contribution in [-0.4, -0.2) is 27.2 Å². The van der Waals surface area contributed by atoms with Gasteiger partial charge in [0.05, 0.1) is 0 Å². The standard InChI is InChI=1S/C18H17Cl2NO5/c1-18(2,3)26-15(22)9-21-8-10(6-13(16(21)23)17(24)25)12-5-4-11(19)7-14(12)20/h4-8H,9H2,1-3H3,(H,24,25). The highest BCUT2D eigenvalue weighted by Crippen LogP contribution is 2.30. The maximum atomic E-state index is 12.4. The van der Waals surface area contributed by atoms with E-state index in [1.807, 2.05) is 0 Å². The summed E-state index contributed by atoms with van der Waals surface area (Å²) in [6, 6.07) is 5.91. The van der Waals surface area contributed by atoms with Gasteiger partial charge in [-0.05, 0) is 39.0 Å². The van der Waals surface area contributed by atoms with Gasteiger partial charge in [-0.3, -0.25) is 9.59 Å². The Morgan fingerprint density at radius 2 is 1.85 bits per heavy atom. The van der Waals surface area contributed by atoms with Crippen molar-refractivity contribution in [3.05, 3.63) is 56.4 Å². The number of halogens is 2. The molecule has 0 atom stereocenters. The number of hydrogen-bond donors (Lipinski definition) is 1. The number of carbonyl (C=O) groups excluding carboxylic acids is 1. The Balaban J connectivity index is 2.55. The molecule has 26 heavy (non-hydrogen) atoms. The molecular formula is C18H17Cl2NO5. The number of aromatic nitrogens is 1. The molecule has 0 saturated heterocycles. The van der Waals surface area contributed by atoms with E-state index in [-0.39, 0.29) is 5.02 Å². The van der Waals surface area contributed by atoms with E-state index in [1.54, 1.807) is 32.9 Å². The average Bonchev–Trinajstić information content (AvgIpc) is 2.47. The smallest absolute Gasteiger partial charge is 0.341 e. The fraction of sp³-hybridized carbons (Fsp3) is 0.278. The molecule has 0 fully saturated rings. The first-order valence-electron chi connectivity index (χ1n) is 7.63. The SMILES string of the molecule is CC(C)(C)OC(=O)Cn1cc(-c2ccc(Cl)cc2Cl)cc(C(=O)O)c1=O. The molecule has 0 spiro atoms. The second-order valence-electron chi connectivity index (χ2n) is 6.59. The highest BCUT2D eigenvalue weighted by molar-refractivity contribution is 6.36. The molecule has 6 nitrogen and oxygen atoms in total. The van der Waals surface area contributed by atoms with Crippen LogP contribution in [0, 0.1) is 0 Å². The monoisotopic (exact) mass is 397 g/mol. The third kappa shape index (κ3) is 4.86. The van der Waals surface area contributed by atoms with E-state index in [1.165, 1.54) is 18.3 Å². The predicted octanol–water partition coefficient (Wildman–Crippen LogP) is 3.86. The third-order valence-corrected chi connectivity index (χ3v) is 3.83. The molecular weight excluding hydrogens is 381 g/mol. The van der Waals surface area contributed by atoms with Crippen LogP contribution in [-0.2, 0) is 16.1 Å². The van der Waals surface area contributed by atoms with Gasteiger partial charge in [-0.15, -0.1) is 0 Å². The Hall–Kier alpha value is -2.31. The Bertz CT molecular complexity index is 928. The van der Waals surface area contributed by atoms with Crippen LogP contribution in [0.1, 0.15) is 31.1 Å². The van der Waals surface area contributed by atoms with E-state index >= 15 is 0 Å². The van der Waals surface area contributed by atoms with Crippen LogP contribution in [0.4, 0.5) is 0 Å². The molecule has 1 N–H and O–H groups in total. The average molecular weight is 398 g/mol. The molecule has 1 aromatic carbocycles. The van der Waals surface area contributed by atoms with E-state index in [2.05, 4.69) is 0 Å². The van der Waals surface area contributed by atoms with E-state index in [0.717, 1.165) is 4.57 Å². The topological polar surface area (TPSA) is 85.6 Å². The minimum Gasteiger partial charge on any atom is -0.477 e. The number of carbonyl (C=O) groups is 2. The molecule has 8 heteroatoms. The summed E-state index contributed by atoms with van der Waals surface area (Å²) in [5.74, 6) is -2.06. The molecule has 2 rings (SSSR count). The molecule has 2 aromatic rings. The Labute approximate surface area is 159 Å². The maximum Gasteiger partial charge on any atom is 0.341 e. The van der Waals surface area contributed by atoms with Crippen LogP contribution in [0.5, 0.6) is 0 Å². The summed E-state index contributed by atoms with van der Waals surface area (Å²) in [4.78, 5) is 35.8. The van der Waals surface area contributed by atoms with Crippen molar-refractivity contribution in [3.63, 3.8) is 0 Å². The quantitative estimate of drug-likeness (QED) is 0.791. The normalized spacial score (nSPS) is 11.3. The second-order valence-corrected chi connectivity index (χ2v) is 7.43. The lowest BCUT2D eigenvalue weighted by Gasteiger charge is -2.20. The van der Waals surface area contributed by atoms with Crippen LogP contribution in [0.2, 0.25) is 10.0 Å². The van der Waals surface area contributed by atoms with Crippen molar-refractivity contribution in [1.82, 2.24) is 4.57 Å². The van der Waals surface area contributed by atoms with Crippen LogP contribution in [0.25, 0.3) is 11.1 Å². The van der Waals surface area contributed by atoms with Crippen LogP contribution in [0.3, 0.4) is 0 Å². The Morgan fingerprint density at radius 1 is 1.19 bits per heavy atom. The molecule has 0 aliphatic carbocycles. The van der Waals surface area contributed by atoms with Crippen molar-refractivity contribution in [1.29, 1.82) is 0 Å². The fourth-order valence-corrected chi connectivity index (χ4v) is 2.81. The number of carboxylic acid groups (broad SMARTS) is 1. The molecule has 0 aliphatic rings. The van der Waals surface area contributed by atoms with Gasteiger partial charge >= 0.3 is 11.9 Å². The van der Waals surface area contributed by atoms with E-state index < -0.39 is 35.2 Å². The van der Waals surface area contributed by atoms with Crippen LogP contribution in [0.15, 0.2) is 35.3 Å². The van der Waals surface area contributed by atoms with Gasteiger partial charge in [-0.1, -0.05) is 29.3 Å². The molecule has 0 bridgehead atoms. The van der Waals surface area contributed by atoms with Crippen LogP contribution >= 0.6 is 23.2 Å². The van der Waals surface area contributed by atoms with Crippen molar-refractivity contribution >= 4 is 35.1 Å². The molecule has 0 radical (unpaired) electrons. The van der Waals surface area contributed by atoms with Crippen molar-refractivity contribution in [2.24, 2.45) is 0 Å². The zero-order chi connectivity index (χ0) is 19.6. The summed E-state index contributed by atoms with van der Waals surface area (Å²) in [6.07, 6.45) is 1.37. The summed E-state index contributed by atoms with van der Waals surface area (Å²) < 4.78 is 6.19. The predicted molar refractivity (Wildman–Crippen MR) is 99.0 cm³/mol. The van der Waals surface area contributed by atoms with E-state index in [4.69, 9.17) is 27.9 Å². The first-order chi connectivity index (χ1) is 12.0. The first kappa shape index (κ1) is 20.0. The minimum absolute atomic E-state index is 0.288. The number of pyridine rings is 1. The van der Waals surface area contributed by atoms with Crippen molar-refractivity contribution in [3.8, 4) is 11.1 Å². The first-order valence-corrected chi connectivity index (χ1v) is 8.38. The molecule has 0 unspecified atom stereocenters. The number of carboxylic acids is 1. The highest BCUT2D eigenvalue weighted by atomic mass is 35.5. The summed E-state index contributed by atoms with van der Waals surface area (Å²) >= 11 is 12.0. The van der Waals surface area contributed by atoms with Crippen molar-refractivity contribution in [2.45, 2.75) is 32.9 Å². The van der Waals surface area contributed by atoms with Crippen molar-refractivity contribution < 1.29 is 19.4 Å². The lowest BCUT2D eigenvalue weighted by Crippen LogP contribution is -2.32. The van der Waals surface area contributed by atoms with Gasteiger partial charge in [-0.2, -0.15) is 0 Å². The zero-order valence-corrected chi connectivity index (χ0v) is 15.9. The summed E-state index contributed by atoms with van der Waals surface area (Å²) in [5.41, 5.74) is -1.16. The number of nitrogens with zero attached hydrogens (tertiary/aromatic N) is 1. The molecule has 0 amide bonds. The number of aromatic carboxylic acids is 1. The molecule has 0 aliphatic heterocycles.